The number of rotatable bonds is 14. The van der Waals surface area contributed by atoms with E-state index >= 15 is 0 Å². The lowest BCUT2D eigenvalue weighted by molar-refractivity contribution is 0.0420. The van der Waals surface area contributed by atoms with E-state index in [0.717, 1.165) is 51.4 Å². The summed E-state index contributed by atoms with van der Waals surface area (Å²) in [6, 6.07) is 0. The molecule has 0 aromatic rings. The number of hydrogen-bond acceptors (Lipinski definition) is 6. The van der Waals surface area contributed by atoms with Crippen molar-refractivity contribution in [3.8, 4) is 0 Å². The molecule has 0 rings (SSSR count). The molecule has 29 heavy (non-hydrogen) atoms. The van der Waals surface area contributed by atoms with Crippen LogP contribution in [0.2, 0.25) is 0 Å². The standard InChI is InChI=1S/C9H20O2.2C7H16O2/c1-3-5-6-9(4-2,7-10)8-11;2*1-3-7(4-2,5-8)6-9/h10-11H,3-8H2,1-2H3;2*8-9H,3-6H2,1-2H3. The maximum Gasteiger partial charge on any atom is 0.0509 e. The molecular weight excluding hydrogens is 372 g/mol. The van der Waals surface area contributed by atoms with Crippen molar-refractivity contribution >= 4 is 0 Å². The van der Waals surface area contributed by atoms with Gasteiger partial charge in [-0.2, -0.15) is 0 Å². The van der Waals surface area contributed by atoms with Crippen LogP contribution in [-0.2, 0) is 0 Å². The third-order valence-electron chi connectivity index (χ3n) is 6.82. The first-order valence-electron chi connectivity index (χ1n) is 11.4. The van der Waals surface area contributed by atoms with Gasteiger partial charge in [0.15, 0.2) is 0 Å². The molecule has 0 aromatic carbocycles. The lowest BCUT2D eigenvalue weighted by Gasteiger charge is -2.27. The Balaban J connectivity index is -0.000000352. The monoisotopic (exact) mass is 424 g/mol. The molecule has 0 unspecified atom stereocenters. The highest BCUT2D eigenvalue weighted by atomic mass is 16.3. The first kappa shape index (κ1) is 33.4. The van der Waals surface area contributed by atoms with Gasteiger partial charge in [-0.1, -0.05) is 54.4 Å². The molecular formula is C23H52O6. The summed E-state index contributed by atoms with van der Waals surface area (Å²) < 4.78 is 0. The zero-order chi connectivity index (χ0) is 23.4. The molecule has 0 amide bonds. The molecule has 6 nitrogen and oxygen atoms in total. The molecule has 0 aliphatic heterocycles. The van der Waals surface area contributed by atoms with E-state index in [1.807, 2.05) is 34.6 Å². The third-order valence-corrected chi connectivity index (χ3v) is 6.82. The molecule has 6 N–H and O–H groups in total. The van der Waals surface area contributed by atoms with Crippen LogP contribution in [0.4, 0.5) is 0 Å². The molecule has 0 atom stereocenters. The van der Waals surface area contributed by atoms with Crippen molar-refractivity contribution in [1.82, 2.24) is 0 Å². The van der Waals surface area contributed by atoms with Crippen LogP contribution in [0.1, 0.15) is 92.9 Å². The molecule has 0 aliphatic rings. The van der Waals surface area contributed by atoms with Crippen molar-refractivity contribution in [1.29, 1.82) is 0 Å². The van der Waals surface area contributed by atoms with Gasteiger partial charge in [0.25, 0.3) is 0 Å². The Morgan fingerprint density at radius 3 is 0.759 bits per heavy atom. The van der Waals surface area contributed by atoms with E-state index in [0.29, 0.717) is 0 Å². The van der Waals surface area contributed by atoms with Crippen molar-refractivity contribution < 1.29 is 30.6 Å². The Kier molecular flexibility index (Phi) is 22.7. The van der Waals surface area contributed by atoms with Crippen LogP contribution in [0.3, 0.4) is 0 Å². The van der Waals surface area contributed by atoms with E-state index < -0.39 is 0 Å². The number of aliphatic hydroxyl groups excluding tert-OH is 6. The van der Waals surface area contributed by atoms with Gasteiger partial charge in [-0.15, -0.1) is 0 Å². The summed E-state index contributed by atoms with van der Waals surface area (Å²) in [4.78, 5) is 0. The fourth-order valence-electron chi connectivity index (χ4n) is 2.65. The van der Waals surface area contributed by atoms with Crippen LogP contribution in [0.5, 0.6) is 0 Å². The van der Waals surface area contributed by atoms with Gasteiger partial charge in [0.2, 0.25) is 0 Å². The van der Waals surface area contributed by atoms with E-state index in [9.17, 15) is 0 Å². The number of unbranched alkanes of at least 4 members (excludes halogenated alkanes) is 1. The molecule has 6 heteroatoms. The molecule has 0 radical (unpaired) electrons. The SMILES string of the molecule is CCC(CC)(CO)CO.CCC(CC)(CO)CO.CCCCC(CC)(CO)CO. The zero-order valence-electron chi connectivity index (χ0n) is 20.1. The smallest absolute Gasteiger partial charge is 0.0509 e. The minimum absolute atomic E-state index is 0.0938. The van der Waals surface area contributed by atoms with Gasteiger partial charge in [-0.3, -0.25) is 0 Å². The van der Waals surface area contributed by atoms with Crippen LogP contribution in [0, 0.1) is 16.2 Å². The first-order valence-corrected chi connectivity index (χ1v) is 11.4. The third kappa shape index (κ3) is 12.9. The topological polar surface area (TPSA) is 121 Å². The van der Waals surface area contributed by atoms with Crippen LogP contribution < -0.4 is 0 Å². The Hall–Kier alpha value is -0.240. The Bertz CT molecular complexity index is 260. The molecule has 0 spiro atoms. The van der Waals surface area contributed by atoms with Crippen LogP contribution in [0.25, 0.3) is 0 Å². The second-order valence-electron chi connectivity index (χ2n) is 8.32. The van der Waals surface area contributed by atoms with E-state index in [4.69, 9.17) is 30.6 Å². The second-order valence-corrected chi connectivity index (χ2v) is 8.32. The highest BCUT2D eigenvalue weighted by molar-refractivity contribution is 4.76. The summed E-state index contributed by atoms with van der Waals surface area (Å²) in [6.07, 6.45) is 7.39. The van der Waals surface area contributed by atoms with Crippen molar-refractivity contribution in [3.63, 3.8) is 0 Å². The average molecular weight is 425 g/mol. The minimum Gasteiger partial charge on any atom is -0.396 e. The van der Waals surface area contributed by atoms with Gasteiger partial charge >= 0.3 is 0 Å². The molecule has 0 saturated carbocycles. The normalized spacial score (nSPS) is 12.0. The molecule has 0 saturated heterocycles. The Morgan fingerprint density at radius 2 is 0.655 bits per heavy atom. The molecule has 0 bridgehead atoms. The van der Waals surface area contributed by atoms with Crippen LogP contribution in [-0.4, -0.2) is 70.3 Å². The summed E-state index contributed by atoms with van der Waals surface area (Å²) in [5, 5.41) is 53.4. The maximum atomic E-state index is 9.04. The summed E-state index contributed by atoms with van der Waals surface area (Å²) >= 11 is 0. The first-order chi connectivity index (χ1) is 13.7. The van der Waals surface area contributed by atoms with Gasteiger partial charge in [0.05, 0.1) is 39.6 Å². The van der Waals surface area contributed by atoms with E-state index in [-0.39, 0.29) is 55.9 Å². The number of aliphatic hydroxyl groups is 6. The van der Waals surface area contributed by atoms with Crippen LogP contribution >= 0.6 is 0 Å². The van der Waals surface area contributed by atoms with Gasteiger partial charge in [0.1, 0.15) is 0 Å². The highest BCUT2D eigenvalue weighted by Gasteiger charge is 2.25. The van der Waals surface area contributed by atoms with E-state index in [1.165, 1.54) is 0 Å². The molecule has 0 heterocycles. The predicted molar refractivity (Wildman–Crippen MR) is 121 cm³/mol. The van der Waals surface area contributed by atoms with E-state index in [1.54, 1.807) is 0 Å². The van der Waals surface area contributed by atoms with Crippen molar-refractivity contribution in [2.75, 3.05) is 39.6 Å². The van der Waals surface area contributed by atoms with Gasteiger partial charge in [0, 0.05) is 16.2 Å². The lowest BCUT2D eigenvalue weighted by atomic mass is 9.82. The summed E-state index contributed by atoms with van der Waals surface area (Å²) in [5.41, 5.74) is -0.657. The fraction of sp³-hybridized carbons (Fsp3) is 1.00. The quantitative estimate of drug-likeness (QED) is 0.255. The molecule has 0 aromatic heterocycles. The largest absolute Gasteiger partial charge is 0.396 e. The average Bonchev–Trinajstić information content (AvgIpc) is 2.80. The van der Waals surface area contributed by atoms with Crippen LogP contribution in [0.15, 0.2) is 0 Å². The molecule has 0 aliphatic carbocycles. The number of hydrogen-bond donors (Lipinski definition) is 6. The summed E-state index contributed by atoms with van der Waals surface area (Å²) in [6.45, 7) is 12.7. The highest BCUT2D eigenvalue weighted by Crippen LogP contribution is 2.27. The van der Waals surface area contributed by atoms with E-state index in [2.05, 4.69) is 6.92 Å². The molecule has 0 fully saturated rings. The van der Waals surface area contributed by atoms with Gasteiger partial charge < -0.3 is 30.6 Å². The maximum absolute atomic E-state index is 9.04. The lowest BCUT2D eigenvalue weighted by Crippen LogP contribution is -2.28. The fourth-order valence-corrected chi connectivity index (χ4v) is 2.65. The predicted octanol–water partition coefficient (Wildman–Crippen LogP) is 3.11. The summed E-state index contributed by atoms with van der Waals surface area (Å²) in [7, 11) is 0. The molecule has 180 valence electrons. The summed E-state index contributed by atoms with van der Waals surface area (Å²) in [5.74, 6) is 0. The van der Waals surface area contributed by atoms with Gasteiger partial charge in [-0.25, -0.2) is 0 Å². The Morgan fingerprint density at radius 1 is 0.414 bits per heavy atom. The van der Waals surface area contributed by atoms with Crippen molar-refractivity contribution in [2.45, 2.75) is 92.9 Å². The second kappa shape index (κ2) is 19.7. The van der Waals surface area contributed by atoms with Crippen molar-refractivity contribution in [2.24, 2.45) is 16.2 Å². The van der Waals surface area contributed by atoms with Crippen molar-refractivity contribution in [3.05, 3.63) is 0 Å². The van der Waals surface area contributed by atoms with Gasteiger partial charge in [-0.05, 0) is 38.5 Å². The zero-order valence-corrected chi connectivity index (χ0v) is 20.1. The Labute approximate surface area is 180 Å². The minimum atomic E-state index is -0.222.